The summed E-state index contributed by atoms with van der Waals surface area (Å²) < 4.78 is 16.9. The van der Waals surface area contributed by atoms with E-state index in [1.165, 1.54) is 6.42 Å². The van der Waals surface area contributed by atoms with Crippen LogP contribution in [0.15, 0.2) is 42.2 Å². The number of ether oxygens (including phenoxy) is 3. The maximum absolute atomic E-state index is 12.8. The first kappa shape index (κ1) is 20.2. The van der Waals surface area contributed by atoms with Crippen LogP contribution in [0.25, 0.3) is 6.08 Å². The second-order valence-corrected chi connectivity index (χ2v) is 7.81. The first-order chi connectivity index (χ1) is 14.5. The molecule has 5 nitrogen and oxygen atoms in total. The number of carbonyl (C=O) groups excluding carboxylic acids is 2. The Morgan fingerprint density at radius 2 is 1.83 bits per heavy atom. The van der Waals surface area contributed by atoms with Crippen LogP contribution >= 0.6 is 0 Å². The van der Waals surface area contributed by atoms with Crippen molar-refractivity contribution < 1.29 is 23.8 Å². The van der Waals surface area contributed by atoms with Gasteiger partial charge in [-0.3, -0.25) is 9.59 Å². The smallest absolute Gasteiger partial charge is 0.314 e. The van der Waals surface area contributed by atoms with Crippen LogP contribution in [0.5, 0.6) is 17.2 Å². The van der Waals surface area contributed by atoms with Crippen LogP contribution in [0, 0.1) is 12.8 Å². The first-order valence-electron chi connectivity index (χ1n) is 10.6. The largest absolute Gasteiger partial charge is 0.494 e. The van der Waals surface area contributed by atoms with Gasteiger partial charge in [0.25, 0.3) is 0 Å². The Bertz CT molecular complexity index is 981. The second kappa shape index (κ2) is 8.74. The Hall–Kier alpha value is -3.08. The highest BCUT2D eigenvalue weighted by atomic mass is 16.5. The van der Waals surface area contributed by atoms with Crippen molar-refractivity contribution in [1.82, 2.24) is 0 Å². The minimum absolute atomic E-state index is 0.0371. The van der Waals surface area contributed by atoms with Crippen LogP contribution in [0.1, 0.15) is 60.5 Å². The lowest BCUT2D eigenvalue weighted by Crippen LogP contribution is -2.22. The van der Waals surface area contributed by atoms with E-state index in [1.807, 2.05) is 38.1 Å². The fraction of sp³-hybridized carbons (Fsp3) is 0.360. The number of benzene rings is 2. The zero-order valence-corrected chi connectivity index (χ0v) is 17.4. The van der Waals surface area contributed by atoms with Gasteiger partial charge in [0.1, 0.15) is 17.2 Å². The maximum Gasteiger partial charge on any atom is 0.314 e. The maximum atomic E-state index is 12.8. The molecule has 0 radical (unpaired) electrons. The molecule has 2 aromatic carbocycles. The van der Waals surface area contributed by atoms with Gasteiger partial charge in [-0.2, -0.15) is 0 Å². The summed E-state index contributed by atoms with van der Waals surface area (Å²) in [7, 11) is 0. The van der Waals surface area contributed by atoms with E-state index < -0.39 is 0 Å². The minimum Gasteiger partial charge on any atom is -0.494 e. The molecule has 1 aliphatic heterocycles. The highest BCUT2D eigenvalue weighted by Crippen LogP contribution is 2.38. The van der Waals surface area contributed by atoms with E-state index in [4.69, 9.17) is 14.2 Å². The van der Waals surface area contributed by atoms with Crippen molar-refractivity contribution in [3.63, 3.8) is 0 Å². The number of hydrogen-bond donors (Lipinski definition) is 0. The van der Waals surface area contributed by atoms with E-state index in [0.29, 0.717) is 23.7 Å². The normalized spacial score (nSPS) is 17.5. The van der Waals surface area contributed by atoms with Crippen molar-refractivity contribution in [2.75, 3.05) is 6.61 Å². The molecule has 0 N–H and O–H groups in total. The third kappa shape index (κ3) is 4.25. The number of carbonyl (C=O) groups is 2. The van der Waals surface area contributed by atoms with Crippen molar-refractivity contribution in [2.24, 2.45) is 5.92 Å². The van der Waals surface area contributed by atoms with E-state index in [9.17, 15) is 9.59 Å². The SMILES string of the molecule is CCOc1ccc(/C=C2\Oc3cc(OC(=O)C4CCCCC4)cc(C)c3C2=O)cc1. The molecule has 5 heteroatoms. The summed E-state index contributed by atoms with van der Waals surface area (Å²) in [4.78, 5) is 25.3. The van der Waals surface area contributed by atoms with E-state index in [0.717, 1.165) is 42.6 Å². The van der Waals surface area contributed by atoms with Gasteiger partial charge in [-0.05, 0) is 62.1 Å². The van der Waals surface area contributed by atoms with Crippen LogP contribution in [0.3, 0.4) is 0 Å². The molecule has 0 aromatic heterocycles. The Kier molecular flexibility index (Phi) is 5.88. The lowest BCUT2D eigenvalue weighted by atomic mass is 9.89. The molecular formula is C25H26O5. The van der Waals surface area contributed by atoms with Crippen molar-refractivity contribution in [3.8, 4) is 17.2 Å². The molecule has 30 heavy (non-hydrogen) atoms. The third-order valence-electron chi connectivity index (χ3n) is 5.59. The quantitative estimate of drug-likeness (QED) is 0.373. The molecule has 2 aliphatic rings. The van der Waals surface area contributed by atoms with E-state index >= 15 is 0 Å². The molecule has 0 spiro atoms. The Labute approximate surface area is 176 Å². The second-order valence-electron chi connectivity index (χ2n) is 7.81. The lowest BCUT2D eigenvalue weighted by molar-refractivity contribution is -0.139. The molecule has 1 fully saturated rings. The van der Waals surface area contributed by atoms with Crippen molar-refractivity contribution in [3.05, 3.63) is 58.8 Å². The molecule has 1 heterocycles. The summed E-state index contributed by atoms with van der Waals surface area (Å²) in [5, 5.41) is 0. The summed E-state index contributed by atoms with van der Waals surface area (Å²) in [5.41, 5.74) is 2.10. The minimum atomic E-state index is -0.191. The summed E-state index contributed by atoms with van der Waals surface area (Å²) in [6.07, 6.45) is 6.80. The highest BCUT2D eigenvalue weighted by Gasteiger charge is 2.31. The molecule has 1 aliphatic carbocycles. The number of fused-ring (bicyclic) bond motifs is 1. The van der Waals surface area contributed by atoms with Gasteiger partial charge < -0.3 is 14.2 Å². The predicted molar refractivity (Wildman–Crippen MR) is 114 cm³/mol. The average Bonchev–Trinajstić information content (AvgIpc) is 3.06. The predicted octanol–water partition coefficient (Wildman–Crippen LogP) is 5.50. The Morgan fingerprint density at radius 1 is 1.10 bits per heavy atom. The zero-order valence-electron chi connectivity index (χ0n) is 17.4. The van der Waals surface area contributed by atoms with Crippen LogP contribution in [-0.2, 0) is 4.79 Å². The van der Waals surface area contributed by atoms with Crippen molar-refractivity contribution in [1.29, 1.82) is 0 Å². The Morgan fingerprint density at radius 3 is 2.53 bits per heavy atom. The number of hydrogen-bond acceptors (Lipinski definition) is 5. The molecule has 0 unspecified atom stereocenters. The van der Waals surface area contributed by atoms with Crippen LogP contribution in [-0.4, -0.2) is 18.4 Å². The molecule has 0 bridgehead atoms. The highest BCUT2D eigenvalue weighted by molar-refractivity contribution is 6.15. The molecule has 0 saturated heterocycles. The lowest BCUT2D eigenvalue weighted by Gasteiger charge is -2.20. The summed E-state index contributed by atoms with van der Waals surface area (Å²) in [6, 6.07) is 10.8. The molecule has 2 aromatic rings. The standard InChI is InChI=1S/C25H26O5/c1-3-28-19-11-9-17(10-12-19)14-22-24(26)23-16(2)13-20(15-21(23)30-22)29-25(27)18-7-5-4-6-8-18/h9-15,18H,3-8H2,1-2H3/b22-14-. The molecule has 4 rings (SSSR count). The topological polar surface area (TPSA) is 61.8 Å². The summed E-state index contributed by atoms with van der Waals surface area (Å²) in [5.74, 6) is 1.51. The van der Waals surface area contributed by atoms with E-state index in [-0.39, 0.29) is 23.4 Å². The van der Waals surface area contributed by atoms with Gasteiger partial charge in [0.05, 0.1) is 18.1 Å². The van der Waals surface area contributed by atoms with Gasteiger partial charge >= 0.3 is 5.97 Å². The fourth-order valence-corrected chi connectivity index (χ4v) is 4.05. The molecular weight excluding hydrogens is 380 g/mol. The van der Waals surface area contributed by atoms with Gasteiger partial charge in [-0.25, -0.2) is 0 Å². The van der Waals surface area contributed by atoms with Gasteiger partial charge in [0.2, 0.25) is 5.78 Å². The van der Waals surface area contributed by atoms with Crippen LogP contribution in [0.2, 0.25) is 0 Å². The average molecular weight is 406 g/mol. The summed E-state index contributed by atoms with van der Waals surface area (Å²) in [6.45, 7) is 4.36. The van der Waals surface area contributed by atoms with Crippen LogP contribution in [0.4, 0.5) is 0 Å². The van der Waals surface area contributed by atoms with Gasteiger partial charge in [-0.1, -0.05) is 31.4 Å². The third-order valence-corrected chi connectivity index (χ3v) is 5.59. The number of ketones is 1. The fourth-order valence-electron chi connectivity index (χ4n) is 4.05. The Balaban J connectivity index is 1.52. The molecule has 1 saturated carbocycles. The van der Waals surface area contributed by atoms with Gasteiger partial charge in [-0.15, -0.1) is 0 Å². The van der Waals surface area contributed by atoms with E-state index in [1.54, 1.807) is 18.2 Å². The monoisotopic (exact) mass is 406 g/mol. The molecule has 156 valence electrons. The van der Waals surface area contributed by atoms with Crippen molar-refractivity contribution in [2.45, 2.75) is 46.0 Å². The molecule has 0 amide bonds. The van der Waals surface area contributed by atoms with Gasteiger partial charge in [0.15, 0.2) is 5.76 Å². The van der Waals surface area contributed by atoms with Crippen LogP contribution < -0.4 is 14.2 Å². The molecule has 0 atom stereocenters. The first-order valence-corrected chi connectivity index (χ1v) is 10.6. The number of aryl methyl sites for hydroxylation is 1. The van der Waals surface area contributed by atoms with Crippen molar-refractivity contribution >= 4 is 17.8 Å². The zero-order chi connectivity index (χ0) is 21.1. The van der Waals surface area contributed by atoms with E-state index in [2.05, 4.69) is 0 Å². The number of rotatable bonds is 5. The number of esters is 1. The number of Topliss-reactive ketones (excluding diaryl/α,β-unsaturated/α-hetero) is 1. The summed E-state index contributed by atoms with van der Waals surface area (Å²) >= 11 is 0. The number of allylic oxidation sites excluding steroid dienone is 1. The van der Waals surface area contributed by atoms with Gasteiger partial charge in [0, 0.05) is 6.07 Å².